The molecule has 20 heavy (non-hydrogen) atoms. The summed E-state index contributed by atoms with van der Waals surface area (Å²) in [5, 5.41) is 0. The van der Waals surface area contributed by atoms with Gasteiger partial charge in [-0.25, -0.2) is 0 Å². The number of primary amides is 1. The van der Waals surface area contributed by atoms with Crippen LogP contribution in [0.3, 0.4) is 0 Å². The van der Waals surface area contributed by atoms with Gasteiger partial charge in [0, 0.05) is 5.56 Å². The Bertz CT molecular complexity index is 666. The molecule has 1 amide bonds. The van der Waals surface area contributed by atoms with Crippen LogP contribution in [0.15, 0.2) is 42.5 Å². The molecular formula is C15H14N2O2S. The average molecular weight is 286 g/mol. The second-order valence-corrected chi connectivity index (χ2v) is 4.75. The lowest BCUT2D eigenvalue weighted by Crippen LogP contribution is -2.11. The quantitative estimate of drug-likeness (QED) is 0.847. The molecule has 0 spiro atoms. The number of aryl methyl sites for hydroxylation is 1. The van der Waals surface area contributed by atoms with Crippen molar-refractivity contribution in [1.82, 2.24) is 0 Å². The van der Waals surface area contributed by atoms with Gasteiger partial charge >= 0.3 is 0 Å². The van der Waals surface area contributed by atoms with E-state index in [4.69, 9.17) is 28.4 Å². The second kappa shape index (κ2) is 5.71. The lowest BCUT2D eigenvalue weighted by Gasteiger charge is -2.13. The Hall–Kier alpha value is -2.40. The molecule has 0 aromatic heterocycles. The van der Waals surface area contributed by atoms with Crippen molar-refractivity contribution in [2.45, 2.75) is 6.92 Å². The molecule has 0 bridgehead atoms. The highest BCUT2D eigenvalue weighted by Crippen LogP contribution is 2.29. The highest BCUT2D eigenvalue weighted by molar-refractivity contribution is 7.80. The maximum absolute atomic E-state index is 11.0. The van der Waals surface area contributed by atoms with E-state index in [0.29, 0.717) is 22.6 Å². The molecule has 0 aliphatic heterocycles. The van der Waals surface area contributed by atoms with Crippen LogP contribution >= 0.6 is 12.2 Å². The molecule has 4 nitrogen and oxygen atoms in total. The fourth-order valence-electron chi connectivity index (χ4n) is 1.79. The number of carbonyl (C=O) groups is 1. The van der Waals surface area contributed by atoms with Gasteiger partial charge < -0.3 is 16.2 Å². The number of hydrogen-bond acceptors (Lipinski definition) is 3. The van der Waals surface area contributed by atoms with Crippen LogP contribution in [0.4, 0.5) is 0 Å². The molecule has 0 fully saturated rings. The molecule has 0 heterocycles. The molecule has 2 aromatic rings. The van der Waals surface area contributed by atoms with Crippen molar-refractivity contribution in [3.05, 3.63) is 59.2 Å². The number of nitrogens with two attached hydrogens (primary N) is 2. The highest BCUT2D eigenvalue weighted by Gasteiger charge is 2.10. The SMILES string of the molecule is Cc1cccc(C(N)=S)c1Oc1ccc(C(N)=O)cc1. The Morgan fingerprint density at radius 1 is 1.10 bits per heavy atom. The van der Waals surface area contributed by atoms with Crippen LogP contribution in [0, 0.1) is 6.92 Å². The monoisotopic (exact) mass is 286 g/mol. The number of thiocarbonyl (C=S) groups is 1. The maximum atomic E-state index is 11.0. The molecular weight excluding hydrogens is 272 g/mol. The number of carbonyl (C=O) groups excluding carboxylic acids is 1. The van der Waals surface area contributed by atoms with Crippen LogP contribution in [0.2, 0.25) is 0 Å². The topological polar surface area (TPSA) is 78.3 Å². The average Bonchev–Trinajstić information content (AvgIpc) is 2.41. The summed E-state index contributed by atoms with van der Waals surface area (Å²) in [6.07, 6.45) is 0. The molecule has 2 aromatic carbocycles. The highest BCUT2D eigenvalue weighted by atomic mass is 32.1. The fraction of sp³-hybridized carbons (Fsp3) is 0.0667. The molecule has 0 radical (unpaired) electrons. The van der Waals surface area contributed by atoms with Crippen molar-refractivity contribution >= 4 is 23.1 Å². The van der Waals surface area contributed by atoms with Gasteiger partial charge in [-0.15, -0.1) is 0 Å². The van der Waals surface area contributed by atoms with Gasteiger partial charge in [0.2, 0.25) is 5.91 Å². The van der Waals surface area contributed by atoms with E-state index < -0.39 is 5.91 Å². The molecule has 0 saturated heterocycles. The second-order valence-electron chi connectivity index (χ2n) is 4.31. The summed E-state index contributed by atoms with van der Waals surface area (Å²) in [5.41, 5.74) is 12.9. The van der Waals surface area contributed by atoms with E-state index in [2.05, 4.69) is 0 Å². The molecule has 0 aliphatic carbocycles. The van der Waals surface area contributed by atoms with Crippen molar-refractivity contribution in [2.24, 2.45) is 11.5 Å². The molecule has 0 saturated carbocycles. The van der Waals surface area contributed by atoms with Gasteiger partial charge in [0.15, 0.2) is 0 Å². The van der Waals surface area contributed by atoms with Gasteiger partial charge in [0.25, 0.3) is 0 Å². The van der Waals surface area contributed by atoms with Gasteiger partial charge in [-0.2, -0.15) is 0 Å². The van der Waals surface area contributed by atoms with Crippen molar-refractivity contribution in [1.29, 1.82) is 0 Å². The first-order valence-electron chi connectivity index (χ1n) is 5.96. The Kier molecular flexibility index (Phi) is 4.00. The van der Waals surface area contributed by atoms with E-state index in [1.54, 1.807) is 24.3 Å². The van der Waals surface area contributed by atoms with Gasteiger partial charge in [-0.1, -0.05) is 24.4 Å². The van der Waals surface area contributed by atoms with Crippen molar-refractivity contribution in [2.75, 3.05) is 0 Å². The van der Waals surface area contributed by atoms with E-state index >= 15 is 0 Å². The van der Waals surface area contributed by atoms with Gasteiger partial charge in [0.05, 0.1) is 5.56 Å². The lowest BCUT2D eigenvalue weighted by atomic mass is 10.1. The van der Waals surface area contributed by atoms with E-state index in [1.165, 1.54) is 0 Å². The Labute approximate surface area is 122 Å². The smallest absolute Gasteiger partial charge is 0.248 e. The summed E-state index contributed by atoms with van der Waals surface area (Å²) in [7, 11) is 0. The van der Waals surface area contributed by atoms with Crippen molar-refractivity contribution in [3.63, 3.8) is 0 Å². The molecule has 0 unspecified atom stereocenters. The molecule has 2 rings (SSSR count). The maximum Gasteiger partial charge on any atom is 0.248 e. The van der Waals surface area contributed by atoms with Crippen molar-refractivity contribution < 1.29 is 9.53 Å². The van der Waals surface area contributed by atoms with E-state index in [0.717, 1.165) is 5.56 Å². The largest absolute Gasteiger partial charge is 0.456 e. The van der Waals surface area contributed by atoms with Gasteiger partial charge in [0.1, 0.15) is 16.5 Å². The molecule has 102 valence electrons. The van der Waals surface area contributed by atoms with Crippen LogP contribution in [0.1, 0.15) is 21.5 Å². The zero-order chi connectivity index (χ0) is 14.7. The third kappa shape index (κ3) is 2.95. The number of hydrogen-bond donors (Lipinski definition) is 2. The number of amides is 1. The lowest BCUT2D eigenvalue weighted by molar-refractivity contribution is 0.100. The third-order valence-corrected chi connectivity index (χ3v) is 3.06. The standard InChI is InChI=1S/C15H14N2O2S/c1-9-3-2-4-12(15(17)20)13(9)19-11-7-5-10(6-8-11)14(16)18/h2-8H,1H3,(H2,16,18)(H2,17,20). The number of ether oxygens (including phenoxy) is 1. The molecule has 4 N–H and O–H groups in total. The minimum atomic E-state index is -0.476. The van der Waals surface area contributed by atoms with Crippen LogP contribution in [-0.2, 0) is 0 Å². The van der Waals surface area contributed by atoms with Crippen molar-refractivity contribution in [3.8, 4) is 11.5 Å². The minimum Gasteiger partial charge on any atom is -0.456 e. The van der Waals surface area contributed by atoms with E-state index in [9.17, 15) is 4.79 Å². The number of rotatable bonds is 4. The number of benzene rings is 2. The summed E-state index contributed by atoms with van der Waals surface area (Å²) in [5.74, 6) is 0.727. The zero-order valence-corrected chi connectivity index (χ0v) is 11.7. The number of para-hydroxylation sites is 1. The predicted octanol–water partition coefficient (Wildman–Crippen LogP) is 2.52. The van der Waals surface area contributed by atoms with Gasteiger partial charge in [-0.3, -0.25) is 4.79 Å². The molecule has 0 atom stereocenters. The minimum absolute atomic E-state index is 0.275. The molecule has 0 aliphatic rings. The van der Waals surface area contributed by atoms with E-state index in [1.807, 2.05) is 25.1 Å². The summed E-state index contributed by atoms with van der Waals surface area (Å²) >= 11 is 5.02. The van der Waals surface area contributed by atoms with Crippen LogP contribution in [0.5, 0.6) is 11.5 Å². The van der Waals surface area contributed by atoms with Crippen LogP contribution in [-0.4, -0.2) is 10.9 Å². The Morgan fingerprint density at radius 2 is 1.75 bits per heavy atom. The summed E-state index contributed by atoms with van der Waals surface area (Å²) in [6.45, 7) is 1.91. The van der Waals surface area contributed by atoms with Gasteiger partial charge in [-0.05, 0) is 42.8 Å². The first-order chi connectivity index (χ1) is 9.49. The fourth-order valence-corrected chi connectivity index (χ4v) is 1.95. The Balaban J connectivity index is 2.34. The first kappa shape index (κ1) is 14.0. The summed E-state index contributed by atoms with van der Waals surface area (Å²) in [4.78, 5) is 11.3. The zero-order valence-electron chi connectivity index (χ0n) is 10.9. The summed E-state index contributed by atoms with van der Waals surface area (Å²) in [6, 6.07) is 12.2. The summed E-state index contributed by atoms with van der Waals surface area (Å²) < 4.78 is 5.82. The Morgan fingerprint density at radius 3 is 2.30 bits per heavy atom. The van der Waals surface area contributed by atoms with Crippen LogP contribution in [0.25, 0.3) is 0 Å². The molecule has 5 heteroatoms. The third-order valence-electron chi connectivity index (χ3n) is 2.84. The predicted molar refractivity (Wildman–Crippen MR) is 82.1 cm³/mol. The first-order valence-corrected chi connectivity index (χ1v) is 6.37. The van der Waals surface area contributed by atoms with E-state index in [-0.39, 0.29) is 4.99 Å². The van der Waals surface area contributed by atoms with Crippen LogP contribution < -0.4 is 16.2 Å². The normalized spacial score (nSPS) is 10.1.